The van der Waals surface area contributed by atoms with Crippen molar-refractivity contribution in [1.82, 2.24) is 0 Å². The molecule has 0 aliphatic rings. The fourth-order valence-electron chi connectivity index (χ4n) is 2.19. The van der Waals surface area contributed by atoms with Gasteiger partial charge in [-0.3, -0.25) is 0 Å². The summed E-state index contributed by atoms with van der Waals surface area (Å²) in [5, 5.41) is 7.50. The van der Waals surface area contributed by atoms with Gasteiger partial charge in [-0.1, -0.05) is 11.6 Å². The summed E-state index contributed by atoms with van der Waals surface area (Å²) in [6.07, 6.45) is 0. The topological polar surface area (TPSA) is 42.5 Å². The quantitative estimate of drug-likeness (QED) is 0.685. The van der Waals surface area contributed by atoms with Crippen LogP contribution in [-0.4, -0.2) is 18.3 Å². The molecule has 4 nitrogen and oxygen atoms in total. The van der Waals surface area contributed by atoms with E-state index in [1.165, 1.54) is 0 Å². The van der Waals surface area contributed by atoms with Gasteiger partial charge >= 0.3 is 0 Å². The molecule has 0 aliphatic heterocycles. The van der Waals surface area contributed by atoms with Crippen LogP contribution in [0.4, 0.5) is 11.4 Å². The van der Waals surface area contributed by atoms with Gasteiger partial charge in [-0.2, -0.15) is 0 Å². The van der Waals surface area contributed by atoms with Crippen molar-refractivity contribution in [2.45, 2.75) is 20.8 Å². The van der Waals surface area contributed by atoms with Crippen molar-refractivity contribution in [3.05, 3.63) is 47.0 Å². The van der Waals surface area contributed by atoms with Gasteiger partial charge in [-0.15, -0.1) is 0 Å². The van der Waals surface area contributed by atoms with Crippen LogP contribution in [0.1, 0.15) is 19.4 Å². The molecule has 24 heavy (non-hydrogen) atoms. The predicted octanol–water partition coefficient (Wildman–Crippen LogP) is 5.25. The number of anilines is 2. The Balaban J connectivity index is 2.15. The van der Waals surface area contributed by atoms with Crippen molar-refractivity contribution in [2.24, 2.45) is 0 Å². The number of hydrogen-bond acceptors (Lipinski definition) is 3. The molecule has 0 spiro atoms. The first kappa shape index (κ1) is 18.4. The van der Waals surface area contributed by atoms with Crippen LogP contribution in [0.15, 0.2) is 36.4 Å². The monoisotopic (exact) mass is 364 g/mol. The Morgan fingerprint density at radius 1 is 1.00 bits per heavy atom. The number of thiocarbonyl (C=S) groups is 1. The highest BCUT2D eigenvalue weighted by molar-refractivity contribution is 7.80. The number of rotatable bonds is 6. The summed E-state index contributed by atoms with van der Waals surface area (Å²) in [6, 6.07) is 11.2. The molecule has 0 fully saturated rings. The first-order chi connectivity index (χ1) is 11.5. The van der Waals surface area contributed by atoms with Gasteiger partial charge in [-0.25, -0.2) is 0 Å². The Kier molecular flexibility index (Phi) is 6.70. The van der Waals surface area contributed by atoms with E-state index in [1.54, 1.807) is 0 Å². The van der Waals surface area contributed by atoms with Crippen LogP contribution in [0.5, 0.6) is 11.5 Å². The summed E-state index contributed by atoms with van der Waals surface area (Å²) in [4.78, 5) is 0. The summed E-state index contributed by atoms with van der Waals surface area (Å²) < 4.78 is 11.2. The number of hydrogen-bond donors (Lipinski definition) is 2. The molecule has 0 atom stereocenters. The average Bonchev–Trinajstić information content (AvgIpc) is 2.53. The SMILES string of the molecule is CCOc1ccc(OCC)c(NC(=S)Nc2ccc(Cl)cc2C)c1. The van der Waals surface area contributed by atoms with E-state index in [2.05, 4.69) is 10.6 Å². The second kappa shape index (κ2) is 8.76. The minimum Gasteiger partial charge on any atom is -0.494 e. The van der Waals surface area contributed by atoms with Gasteiger partial charge < -0.3 is 20.1 Å². The second-order valence-electron chi connectivity index (χ2n) is 5.06. The van der Waals surface area contributed by atoms with Crippen LogP contribution >= 0.6 is 23.8 Å². The lowest BCUT2D eigenvalue weighted by Crippen LogP contribution is -2.20. The van der Waals surface area contributed by atoms with Gasteiger partial charge in [0.25, 0.3) is 0 Å². The zero-order chi connectivity index (χ0) is 17.5. The van der Waals surface area contributed by atoms with E-state index >= 15 is 0 Å². The molecule has 0 aromatic heterocycles. The lowest BCUT2D eigenvalue weighted by Gasteiger charge is -2.16. The third-order valence-electron chi connectivity index (χ3n) is 3.25. The van der Waals surface area contributed by atoms with Gasteiger partial charge in [-0.05, 0) is 68.9 Å². The van der Waals surface area contributed by atoms with Gasteiger partial charge in [0.1, 0.15) is 11.5 Å². The second-order valence-corrected chi connectivity index (χ2v) is 5.91. The van der Waals surface area contributed by atoms with Crippen LogP contribution in [0.3, 0.4) is 0 Å². The Morgan fingerprint density at radius 3 is 2.38 bits per heavy atom. The predicted molar refractivity (Wildman–Crippen MR) is 105 cm³/mol. The molecule has 0 bridgehead atoms. The fourth-order valence-corrected chi connectivity index (χ4v) is 2.63. The molecule has 2 rings (SSSR count). The lowest BCUT2D eigenvalue weighted by molar-refractivity contribution is 0.332. The molecule has 0 heterocycles. The van der Waals surface area contributed by atoms with E-state index in [1.807, 2.05) is 57.2 Å². The average molecular weight is 365 g/mol. The zero-order valence-corrected chi connectivity index (χ0v) is 15.6. The van der Waals surface area contributed by atoms with Crippen LogP contribution in [0, 0.1) is 6.92 Å². The van der Waals surface area contributed by atoms with E-state index in [0.29, 0.717) is 23.3 Å². The molecule has 0 saturated heterocycles. The number of halogens is 1. The molecule has 0 saturated carbocycles. The molecular weight excluding hydrogens is 344 g/mol. The lowest BCUT2D eigenvalue weighted by atomic mass is 10.2. The van der Waals surface area contributed by atoms with Gasteiger partial charge in [0.15, 0.2) is 5.11 Å². The van der Waals surface area contributed by atoms with Gasteiger partial charge in [0, 0.05) is 16.8 Å². The molecule has 0 aliphatic carbocycles. The molecule has 0 amide bonds. The maximum atomic E-state index is 5.98. The molecular formula is C18H21ClN2O2S. The summed E-state index contributed by atoms with van der Waals surface area (Å²) in [7, 11) is 0. The van der Waals surface area contributed by atoms with E-state index < -0.39 is 0 Å². The molecule has 2 aromatic rings. The fraction of sp³-hybridized carbons (Fsp3) is 0.278. The highest BCUT2D eigenvalue weighted by Crippen LogP contribution is 2.30. The third-order valence-corrected chi connectivity index (χ3v) is 3.69. The maximum absolute atomic E-state index is 5.98. The van der Waals surface area contributed by atoms with Crippen molar-refractivity contribution in [1.29, 1.82) is 0 Å². The van der Waals surface area contributed by atoms with Crippen LogP contribution < -0.4 is 20.1 Å². The Labute approximate surface area is 153 Å². The summed E-state index contributed by atoms with van der Waals surface area (Å²) >= 11 is 11.4. The molecule has 6 heteroatoms. The Hall–Kier alpha value is -1.98. The van der Waals surface area contributed by atoms with E-state index in [4.69, 9.17) is 33.3 Å². The van der Waals surface area contributed by atoms with E-state index in [9.17, 15) is 0 Å². The minimum atomic E-state index is 0.468. The highest BCUT2D eigenvalue weighted by Gasteiger charge is 2.09. The largest absolute Gasteiger partial charge is 0.494 e. The maximum Gasteiger partial charge on any atom is 0.175 e. The molecule has 2 N–H and O–H groups in total. The summed E-state index contributed by atoms with van der Waals surface area (Å²) in [5.74, 6) is 1.48. The first-order valence-electron chi connectivity index (χ1n) is 7.77. The van der Waals surface area contributed by atoms with Crippen LogP contribution in [0.25, 0.3) is 0 Å². The highest BCUT2D eigenvalue weighted by atomic mass is 35.5. The van der Waals surface area contributed by atoms with Crippen LogP contribution in [0.2, 0.25) is 5.02 Å². The third kappa shape index (κ3) is 5.01. The van der Waals surface area contributed by atoms with Crippen molar-refractivity contribution >= 4 is 40.3 Å². The smallest absolute Gasteiger partial charge is 0.175 e. The first-order valence-corrected chi connectivity index (χ1v) is 8.56. The normalized spacial score (nSPS) is 10.2. The van der Waals surface area contributed by atoms with E-state index in [-0.39, 0.29) is 0 Å². The van der Waals surface area contributed by atoms with Crippen molar-refractivity contribution in [3.63, 3.8) is 0 Å². The number of aryl methyl sites for hydroxylation is 1. The number of ether oxygens (including phenoxy) is 2. The number of nitrogens with one attached hydrogen (secondary N) is 2. The standard InChI is InChI=1S/C18H21ClN2O2S/c1-4-22-14-7-9-17(23-5-2)16(11-14)21-18(24)20-15-8-6-13(19)10-12(15)3/h6-11H,4-5H2,1-3H3,(H2,20,21,24). The van der Waals surface area contributed by atoms with Crippen LogP contribution in [-0.2, 0) is 0 Å². The summed E-state index contributed by atoms with van der Waals surface area (Å²) in [6.45, 7) is 7.02. The number of benzene rings is 2. The Bertz CT molecular complexity index is 722. The van der Waals surface area contributed by atoms with Crippen molar-refractivity contribution < 1.29 is 9.47 Å². The van der Waals surface area contributed by atoms with Crippen molar-refractivity contribution in [3.8, 4) is 11.5 Å². The van der Waals surface area contributed by atoms with Gasteiger partial charge in [0.2, 0.25) is 0 Å². The molecule has 2 aromatic carbocycles. The van der Waals surface area contributed by atoms with Gasteiger partial charge in [0.05, 0.1) is 18.9 Å². The zero-order valence-electron chi connectivity index (χ0n) is 14.0. The molecule has 128 valence electrons. The minimum absolute atomic E-state index is 0.468. The Morgan fingerprint density at radius 2 is 1.71 bits per heavy atom. The van der Waals surface area contributed by atoms with E-state index in [0.717, 1.165) is 28.4 Å². The summed E-state index contributed by atoms with van der Waals surface area (Å²) in [5.41, 5.74) is 2.67. The van der Waals surface area contributed by atoms with Crippen molar-refractivity contribution in [2.75, 3.05) is 23.8 Å². The molecule has 0 unspecified atom stereocenters. The molecule has 0 radical (unpaired) electrons.